The maximum absolute atomic E-state index is 5.37. The van der Waals surface area contributed by atoms with Gasteiger partial charge in [-0.15, -0.1) is 12.3 Å². The number of unbranched alkanes of at least 4 members (excludes halogenated alkanes) is 1. The molecule has 21 heavy (non-hydrogen) atoms. The van der Waals surface area contributed by atoms with Gasteiger partial charge in [0.15, 0.2) is 0 Å². The highest BCUT2D eigenvalue weighted by Crippen LogP contribution is 2.24. The molecular weight excluding hydrogens is 258 g/mol. The fourth-order valence-electron chi connectivity index (χ4n) is 2.53. The Bertz CT molecular complexity index is 720. The first kappa shape index (κ1) is 13.4. The van der Waals surface area contributed by atoms with Crippen molar-refractivity contribution in [1.29, 1.82) is 0 Å². The first-order valence-electron chi connectivity index (χ1n) is 7.17. The van der Waals surface area contributed by atoms with E-state index >= 15 is 0 Å². The molecule has 3 heteroatoms. The molecule has 0 aliphatic heterocycles. The number of fused-ring (bicyclic) bond motifs is 1. The summed E-state index contributed by atoms with van der Waals surface area (Å²) >= 11 is 0. The van der Waals surface area contributed by atoms with E-state index in [4.69, 9.17) is 11.5 Å². The molecule has 0 radical (unpaired) electrons. The van der Waals surface area contributed by atoms with Crippen LogP contribution in [-0.2, 0) is 0 Å². The van der Waals surface area contributed by atoms with Gasteiger partial charge in [-0.2, -0.15) is 5.10 Å². The number of hydrogen-bond acceptors (Lipinski definition) is 2. The first-order chi connectivity index (χ1) is 10.4. The van der Waals surface area contributed by atoms with Gasteiger partial charge in [-0.05, 0) is 31.0 Å². The molecular formula is C18H17N3. The molecule has 2 heterocycles. The Labute approximate surface area is 124 Å². The van der Waals surface area contributed by atoms with E-state index in [-0.39, 0.29) is 6.04 Å². The van der Waals surface area contributed by atoms with Crippen LogP contribution in [0, 0.1) is 12.3 Å². The van der Waals surface area contributed by atoms with E-state index in [1.807, 2.05) is 47.3 Å². The predicted molar refractivity (Wildman–Crippen MR) is 84.8 cm³/mol. The third-order valence-electron chi connectivity index (χ3n) is 3.58. The van der Waals surface area contributed by atoms with Crippen molar-refractivity contribution in [2.45, 2.75) is 25.3 Å². The van der Waals surface area contributed by atoms with Gasteiger partial charge in [-0.1, -0.05) is 24.3 Å². The molecule has 3 rings (SSSR count). The lowest BCUT2D eigenvalue weighted by molar-refractivity contribution is 0.471. The van der Waals surface area contributed by atoms with Crippen LogP contribution in [0.25, 0.3) is 10.9 Å². The van der Waals surface area contributed by atoms with Gasteiger partial charge in [0.2, 0.25) is 0 Å². The fourth-order valence-corrected chi connectivity index (χ4v) is 2.53. The number of terminal acetylenes is 1. The third kappa shape index (κ3) is 2.95. The molecule has 0 fully saturated rings. The zero-order valence-electron chi connectivity index (χ0n) is 11.8. The highest BCUT2D eigenvalue weighted by Gasteiger charge is 2.16. The third-order valence-corrected chi connectivity index (χ3v) is 3.58. The quantitative estimate of drug-likeness (QED) is 0.523. The lowest BCUT2D eigenvalue weighted by Gasteiger charge is -2.16. The van der Waals surface area contributed by atoms with Gasteiger partial charge < -0.3 is 0 Å². The van der Waals surface area contributed by atoms with Gasteiger partial charge in [0, 0.05) is 24.2 Å². The van der Waals surface area contributed by atoms with E-state index in [1.165, 1.54) is 0 Å². The Morgan fingerprint density at radius 1 is 1.14 bits per heavy atom. The highest BCUT2D eigenvalue weighted by molar-refractivity contribution is 5.77. The molecule has 3 aromatic rings. The number of benzene rings is 1. The van der Waals surface area contributed by atoms with E-state index in [9.17, 15) is 0 Å². The SMILES string of the molecule is C#CCCCC(c1ccccn1)n1cc2ccccc2n1. The van der Waals surface area contributed by atoms with Crippen LogP contribution >= 0.6 is 0 Å². The summed E-state index contributed by atoms with van der Waals surface area (Å²) in [4.78, 5) is 4.49. The van der Waals surface area contributed by atoms with Crippen LogP contribution in [0.1, 0.15) is 31.0 Å². The summed E-state index contributed by atoms with van der Waals surface area (Å²) in [6.07, 6.45) is 12.0. The van der Waals surface area contributed by atoms with E-state index in [2.05, 4.69) is 23.2 Å². The van der Waals surface area contributed by atoms with Crippen LogP contribution in [-0.4, -0.2) is 14.8 Å². The fraction of sp³-hybridized carbons (Fsp3) is 0.222. The molecule has 2 aromatic heterocycles. The maximum Gasteiger partial charge on any atom is 0.0939 e. The maximum atomic E-state index is 5.37. The lowest BCUT2D eigenvalue weighted by atomic mass is 10.1. The van der Waals surface area contributed by atoms with Crippen LogP contribution in [0.2, 0.25) is 0 Å². The van der Waals surface area contributed by atoms with Gasteiger partial charge in [-0.3, -0.25) is 9.67 Å². The molecule has 104 valence electrons. The molecule has 0 amide bonds. The summed E-state index contributed by atoms with van der Waals surface area (Å²) < 4.78 is 2.02. The second-order valence-electron chi connectivity index (χ2n) is 5.03. The molecule has 1 atom stereocenters. The van der Waals surface area contributed by atoms with Crippen molar-refractivity contribution in [2.75, 3.05) is 0 Å². The largest absolute Gasteiger partial charge is 0.262 e. The summed E-state index contributed by atoms with van der Waals surface area (Å²) in [7, 11) is 0. The van der Waals surface area contributed by atoms with Gasteiger partial charge in [0.25, 0.3) is 0 Å². The molecule has 0 N–H and O–H groups in total. The Morgan fingerprint density at radius 3 is 2.76 bits per heavy atom. The molecule has 1 unspecified atom stereocenters. The van der Waals surface area contributed by atoms with Crippen LogP contribution in [0.5, 0.6) is 0 Å². The number of nitrogens with zero attached hydrogens (tertiary/aromatic N) is 3. The minimum atomic E-state index is 0.131. The van der Waals surface area contributed by atoms with Gasteiger partial charge in [-0.25, -0.2) is 0 Å². The van der Waals surface area contributed by atoms with Crippen LogP contribution in [0.3, 0.4) is 0 Å². The number of aromatic nitrogens is 3. The Morgan fingerprint density at radius 2 is 2.00 bits per heavy atom. The molecule has 0 saturated heterocycles. The minimum absolute atomic E-state index is 0.131. The smallest absolute Gasteiger partial charge is 0.0939 e. The van der Waals surface area contributed by atoms with Crippen molar-refractivity contribution < 1.29 is 0 Å². The summed E-state index contributed by atoms with van der Waals surface area (Å²) in [5.41, 5.74) is 2.04. The summed E-state index contributed by atoms with van der Waals surface area (Å²) in [5.74, 6) is 2.70. The predicted octanol–water partition coefficient (Wildman–Crippen LogP) is 3.82. The molecule has 0 aliphatic carbocycles. The van der Waals surface area contributed by atoms with Crippen LogP contribution in [0.15, 0.2) is 54.9 Å². The van der Waals surface area contributed by atoms with Crippen molar-refractivity contribution in [2.24, 2.45) is 0 Å². The van der Waals surface area contributed by atoms with Crippen LogP contribution < -0.4 is 0 Å². The average Bonchev–Trinajstić information content (AvgIpc) is 2.96. The van der Waals surface area contributed by atoms with Gasteiger partial charge in [0.05, 0.1) is 17.3 Å². The Kier molecular flexibility index (Phi) is 3.97. The van der Waals surface area contributed by atoms with Gasteiger partial charge in [0.1, 0.15) is 0 Å². The number of hydrogen-bond donors (Lipinski definition) is 0. The normalized spacial score (nSPS) is 12.1. The van der Waals surface area contributed by atoms with E-state index < -0.39 is 0 Å². The molecule has 3 nitrogen and oxygen atoms in total. The molecule has 1 aromatic carbocycles. The molecule has 0 aliphatic rings. The second kappa shape index (κ2) is 6.23. The standard InChI is InChI=1S/C18H17N3/c1-2-3-4-12-18(17-11-7-8-13-19-17)21-14-15-9-5-6-10-16(15)20-21/h1,5-11,13-14,18H,3-4,12H2. The zero-order chi connectivity index (χ0) is 14.5. The van der Waals surface area contributed by atoms with Crippen LogP contribution in [0.4, 0.5) is 0 Å². The van der Waals surface area contributed by atoms with Crippen molar-refractivity contribution in [1.82, 2.24) is 14.8 Å². The van der Waals surface area contributed by atoms with Crippen molar-refractivity contribution in [3.05, 3.63) is 60.6 Å². The summed E-state index contributed by atoms with van der Waals surface area (Å²) in [6, 6.07) is 14.3. The summed E-state index contributed by atoms with van der Waals surface area (Å²) in [5, 5.41) is 5.84. The number of pyridine rings is 1. The first-order valence-corrected chi connectivity index (χ1v) is 7.17. The monoisotopic (exact) mass is 275 g/mol. The van der Waals surface area contributed by atoms with Crippen molar-refractivity contribution in [3.8, 4) is 12.3 Å². The Hall–Kier alpha value is -2.60. The molecule has 0 bridgehead atoms. The second-order valence-corrected chi connectivity index (χ2v) is 5.03. The number of rotatable bonds is 5. The van der Waals surface area contributed by atoms with Crippen molar-refractivity contribution >= 4 is 10.9 Å². The van der Waals surface area contributed by atoms with E-state index in [1.54, 1.807) is 0 Å². The Balaban J connectivity index is 1.96. The van der Waals surface area contributed by atoms with E-state index in [0.29, 0.717) is 0 Å². The minimum Gasteiger partial charge on any atom is -0.262 e. The molecule has 0 saturated carbocycles. The topological polar surface area (TPSA) is 30.7 Å². The van der Waals surface area contributed by atoms with E-state index in [0.717, 1.165) is 35.9 Å². The van der Waals surface area contributed by atoms with Crippen molar-refractivity contribution in [3.63, 3.8) is 0 Å². The zero-order valence-corrected chi connectivity index (χ0v) is 11.8. The average molecular weight is 275 g/mol. The summed E-state index contributed by atoms with van der Waals surface area (Å²) in [6.45, 7) is 0. The molecule has 0 spiro atoms. The van der Waals surface area contributed by atoms with Gasteiger partial charge >= 0.3 is 0 Å². The highest BCUT2D eigenvalue weighted by atomic mass is 15.3. The lowest BCUT2D eigenvalue weighted by Crippen LogP contribution is -2.12.